The van der Waals surface area contributed by atoms with Gasteiger partial charge in [0.1, 0.15) is 0 Å². The molecule has 4 rings (SSSR count). The van der Waals surface area contributed by atoms with E-state index in [4.69, 9.17) is 5.73 Å². The Bertz CT molecular complexity index is 212. The van der Waals surface area contributed by atoms with Gasteiger partial charge in [0.2, 0.25) is 0 Å². The second-order valence-corrected chi connectivity index (χ2v) is 5.66. The third kappa shape index (κ3) is 1.02. The first-order valence-electron chi connectivity index (χ1n) is 5.61. The summed E-state index contributed by atoms with van der Waals surface area (Å²) in [4.78, 5) is 0. The lowest BCUT2D eigenvalue weighted by atomic mass is 9.48. The molecular weight excluding hydrogens is 162 g/mol. The normalized spacial score (nSPS) is 58.6. The van der Waals surface area contributed by atoms with Crippen LogP contribution in [-0.2, 0) is 0 Å². The first-order valence-corrected chi connectivity index (χ1v) is 5.61. The van der Waals surface area contributed by atoms with E-state index >= 15 is 0 Å². The molecule has 3 N–H and O–H groups in total. The van der Waals surface area contributed by atoms with Crippen molar-refractivity contribution in [2.45, 2.75) is 38.2 Å². The number of nitrogens with two attached hydrogens (primary N) is 1. The predicted octanol–water partition coefficient (Wildman–Crippen LogP) is 1.13. The maximum absolute atomic E-state index is 10.00. The molecule has 0 aliphatic heterocycles. The number of aliphatic hydroxyl groups is 1. The molecule has 4 aliphatic carbocycles. The fraction of sp³-hybridized carbons (Fsp3) is 1.00. The average molecular weight is 181 g/mol. The van der Waals surface area contributed by atoms with Crippen LogP contribution < -0.4 is 5.73 Å². The molecule has 0 amide bonds. The molecule has 0 aromatic heterocycles. The third-order valence-corrected chi connectivity index (χ3v) is 4.78. The summed E-state index contributed by atoms with van der Waals surface area (Å²) in [7, 11) is 0. The lowest BCUT2D eigenvalue weighted by Gasteiger charge is -2.58. The maximum Gasteiger partial charge on any atom is 0.0597 e. The van der Waals surface area contributed by atoms with Gasteiger partial charge in [0, 0.05) is 0 Å². The Kier molecular flexibility index (Phi) is 1.58. The summed E-state index contributed by atoms with van der Waals surface area (Å²) in [5.74, 6) is 2.08. The van der Waals surface area contributed by atoms with E-state index in [0.717, 1.165) is 12.5 Å². The minimum atomic E-state index is 0.0104. The van der Waals surface area contributed by atoms with Crippen LogP contribution in [0.5, 0.6) is 0 Å². The van der Waals surface area contributed by atoms with Gasteiger partial charge >= 0.3 is 0 Å². The van der Waals surface area contributed by atoms with Gasteiger partial charge < -0.3 is 10.8 Å². The quantitative estimate of drug-likeness (QED) is 0.637. The molecule has 2 heteroatoms. The van der Waals surface area contributed by atoms with Gasteiger partial charge in [0.05, 0.1) is 6.10 Å². The Hall–Kier alpha value is -0.0800. The van der Waals surface area contributed by atoms with Crippen LogP contribution in [0, 0.1) is 23.2 Å². The summed E-state index contributed by atoms with van der Waals surface area (Å²) in [6.45, 7) is 0.850. The molecule has 13 heavy (non-hydrogen) atoms. The lowest BCUT2D eigenvalue weighted by Crippen LogP contribution is -2.55. The summed E-state index contributed by atoms with van der Waals surface area (Å²) in [6.07, 6.45) is 6.33. The molecule has 4 bridgehead atoms. The van der Waals surface area contributed by atoms with Crippen LogP contribution in [0.1, 0.15) is 32.1 Å². The van der Waals surface area contributed by atoms with Gasteiger partial charge in [-0.1, -0.05) is 0 Å². The van der Waals surface area contributed by atoms with E-state index in [1.54, 1.807) is 0 Å². The number of rotatable bonds is 1. The average Bonchev–Trinajstić information content (AvgIpc) is 2.13. The largest absolute Gasteiger partial charge is 0.393 e. The topological polar surface area (TPSA) is 46.2 Å². The van der Waals surface area contributed by atoms with Gasteiger partial charge in [-0.25, -0.2) is 0 Å². The summed E-state index contributed by atoms with van der Waals surface area (Å²) in [5, 5.41) is 10.00. The Morgan fingerprint density at radius 1 is 1.15 bits per heavy atom. The van der Waals surface area contributed by atoms with Gasteiger partial charge in [-0.05, 0) is 61.8 Å². The van der Waals surface area contributed by atoms with Crippen LogP contribution in [0.3, 0.4) is 0 Å². The highest BCUT2D eigenvalue weighted by Gasteiger charge is 2.54. The lowest BCUT2D eigenvalue weighted by molar-refractivity contribution is -0.130. The molecule has 0 unspecified atom stereocenters. The Morgan fingerprint density at radius 3 is 2.31 bits per heavy atom. The van der Waals surface area contributed by atoms with E-state index < -0.39 is 0 Å². The first kappa shape index (κ1) is 8.25. The fourth-order valence-corrected chi connectivity index (χ4v) is 4.42. The molecule has 0 heterocycles. The van der Waals surface area contributed by atoms with Gasteiger partial charge in [0.25, 0.3) is 0 Å². The molecule has 2 atom stereocenters. The second kappa shape index (κ2) is 2.48. The zero-order valence-electron chi connectivity index (χ0n) is 8.08. The predicted molar refractivity (Wildman–Crippen MR) is 51.0 cm³/mol. The van der Waals surface area contributed by atoms with Crippen LogP contribution in [0.2, 0.25) is 0 Å². The molecule has 2 nitrogen and oxygen atoms in total. The standard InChI is InChI=1S/C11H19NO/c12-6-11-3-7-1-8(4-11)10(13)9(2-7)5-11/h7-10,13H,1-6,12H2/t7?,8-,9-,10?,11?/m0/s1. The summed E-state index contributed by atoms with van der Waals surface area (Å²) in [6, 6.07) is 0. The summed E-state index contributed by atoms with van der Waals surface area (Å²) >= 11 is 0. The summed E-state index contributed by atoms with van der Waals surface area (Å²) in [5.41, 5.74) is 6.33. The molecule has 0 aromatic carbocycles. The van der Waals surface area contributed by atoms with Crippen LogP contribution >= 0.6 is 0 Å². The van der Waals surface area contributed by atoms with Crippen molar-refractivity contribution in [2.75, 3.05) is 6.54 Å². The van der Waals surface area contributed by atoms with Crippen LogP contribution in [0.25, 0.3) is 0 Å². The Balaban J connectivity index is 1.92. The zero-order chi connectivity index (χ0) is 9.05. The van der Waals surface area contributed by atoms with Crippen molar-refractivity contribution in [3.8, 4) is 0 Å². The Labute approximate surface area is 79.5 Å². The van der Waals surface area contributed by atoms with Gasteiger partial charge in [-0.3, -0.25) is 0 Å². The Morgan fingerprint density at radius 2 is 1.77 bits per heavy atom. The smallest absolute Gasteiger partial charge is 0.0597 e. The fourth-order valence-electron chi connectivity index (χ4n) is 4.42. The van der Waals surface area contributed by atoms with Crippen LogP contribution in [0.15, 0.2) is 0 Å². The molecule has 4 saturated carbocycles. The molecule has 4 aliphatic rings. The minimum absolute atomic E-state index is 0.0104. The molecule has 0 aromatic rings. The van der Waals surface area contributed by atoms with E-state index in [9.17, 15) is 5.11 Å². The van der Waals surface area contributed by atoms with Gasteiger partial charge in [-0.2, -0.15) is 0 Å². The number of hydrogen-bond donors (Lipinski definition) is 2. The second-order valence-electron chi connectivity index (χ2n) is 5.66. The highest BCUT2D eigenvalue weighted by atomic mass is 16.3. The zero-order valence-corrected chi connectivity index (χ0v) is 8.08. The number of hydrogen-bond acceptors (Lipinski definition) is 2. The van der Waals surface area contributed by atoms with Gasteiger partial charge in [0.15, 0.2) is 0 Å². The van der Waals surface area contributed by atoms with Crippen molar-refractivity contribution in [3.63, 3.8) is 0 Å². The van der Waals surface area contributed by atoms with Crippen molar-refractivity contribution >= 4 is 0 Å². The van der Waals surface area contributed by atoms with E-state index in [1.807, 2.05) is 0 Å². The molecule has 4 fully saturated rings. The van der Waals surface area contributed by atoms with Crippen molar-refractivity contribution in [1.29, 1.82) is 0 Å². The van der Waals surface area contributed by atoms with Crippen LogP contribution in [-0.4, -0.2) is 17.8 Å². The van der Waals surface area contributed by atoms with Crippen molar-refractivity contribution in [2.24, 2.45) is 28.9 Å². The molecule has 74 valence electrons. The monoisotopic (exact) mass is 181 g/mol. The van der Waals surface area contributed by atoms with E-state index in [1.165, 1.54) is 32.1 Å². The highest BCUT2D eigenvalue weighted by Crippen LogP contribution is 2.59. The third-order valence-electron chi connectivity index (χ3n) is 4.78. The van der Waals surface area contributed by atoms with Crippen molar-refractivity contribution in [3.05, 3.63) is 0 Å². The highest BCUT2D eigenvalue weighted by molar-refractivity contribution is 5.05. The van der Waals surface area contributed by atoms with Crippen molar-refractivity contribution < 1.29 is 5.11 Å². The van der Waals surface area contributed by atoms with E-state index in [0.29, 0.717) is 17.3 Å². The minimum Gasteiger partial charge on any atom is -0.393 e. The van der Waals surface area contributed by atoms with Crippen LogP contribution in [0.4, 0.5) is 0 Å². The molecule has 0 spiro atoms. The van der Waals surface area contributed by atoms with Crippen molar-refractivity contribution in [1.82, 2.24) is 0 Å². The SMILES string of the molecule is NCC12CC3C[C@@H](C1)C(O)[C@@H](C3)C2. The number of aliphatic hydroxyl groups excluding tert-OH is 1. The first-order chi connectivity index (χ1) is 6.22. The molecule has 0 saturated heterocycles. The maximum atomic E-state index is 10.00. The summed E-state index contributed by atoms with van der Waals surface area (Å²) < 4.78 is 0. The molecular formula is C11H19NO. The van der Waals surface area contributed by atoms with Gasteiger partial charge in [-0.15, -0.1) is 0 Å². The van der Waals surface area contributed by atoms with E-state index in [2.05, 4.69) is 0 Å². The molecule has 0 radical (unpaired) electrons. The van der Waals surface area contributed by atoms with E-state index in [-0.39, 0.29) is 6.10 Å².